The van der Waals surface area contributed by atoms with Gasteiger partial charge in [0.1, 0.15) is 6.61 Å². The van der Waals surface area contributed by atoms with Crippen LogP contribution in [0.2, 0.25) is 0 Å². The number of carbonyl (C=O) groups is 1. The fraction of sp³-hybridized carbons (Fsp3) is 0.645. The average molecular weight is 584 g/mol. The highest BCUT2D eigenvalue weighted by molar-refractivity contribution is 5.68. The van der Waals surface area contributed by atoms with E-state index in [4.69, 9.17) is 29.5 Å². The van der Waals surface area contributed by atoms with Gasteiger partial charge in [-0.1, -0.05) is 36.5 Å². The number of aryl methyl sites for hydroxylation is 3. The van der Waals surface area contributed by atoms with Crippen molar-refractivity contribution < 1.29 is 28.8 Å². The Morgan fingerprint density at radius 1 is 0.929 bits per heavy atom. The summed E-state index contributed by atoms with van der Waals surface area (Å²) in [6, 6.07) is 8.17. The number of aromatic nitrogens is 2. The maximum absolute atomic E-state index is 11.5. The molecule has 11 heteroatoms. The standard InChI is InChI=1S/C31H45N5O6/c32-36-34-15-16-39-17-18-40-19-20-41-21-22-42-30-14-12-27(24-33-30)26(23-31(37)38)8-3-1-2-4-9-28-13-11-25-7-5-6-10-29(25)35-28/h11-14,24,26H,1-10,15-23H2,(H,37,38)/t26-/m0/s1. The van der Waals surface area contributed by atoms with Crippen molar-refractivity contribution in [1.29, 1.82) is 0 Å². The summed E-state index contributed by atoms with van der Waals surface area (Å²) in [7, 11) is 0. The molecule has 2 aromatic heterocycles. The first-order chi connectivity index (χ1) is 20.7. The van der Waals surface area contributed by atoms with Gasteiger partial charge in [0, 0.05) is 35.1 Å². The van der Waals surface area contributed by atoms with Crippen molar-refractivity contribution >= 4 is 5.97 Å². The van der Waals surface area contributed by atoms with E-state index in [2.05, 4.69) is 27.1 Å². The Bertz CT molecular complexity index is 1090. The fourth-order valence-corrected chi connectivity index (χ4v) is 5.03. The molecule has 0 aromatic carbocycles. The van der Waals surface area contributed by atoms with Crippen LogP contribution in [0.4, 0.5) is 0 Å². The highest BCUT2D eigenvalue weighted by Crippen LogP contribution is 2.27. The van der Waals surface area contributed by atoms with Crippen LogP contribution in [0.5, 0.6) is 5.88 Å². The first-order valence-electron chi connectivity index (χ1n) is 15.2. The third kappa shape index (κ3) is 13.6. The van der Waals surface area contributed by atoms with Gasteiger partial charge in [-0.15, -0.1) is 0 Å². The minimum absolute atomic E-state index is 0.0638. The number of aliphatic carboxylic acids is 1. The minimum atomic E-state index is -0.794. The van der Waals surface area contributed by atoms with Gasteiger partial charge < -0.3 is 24.1 Å². The van der Waals surface area contributed by atoms with Crippen molar-refractivity contribution in [2.45, 2.75) is 76.5 Å². The van der Waals surface area contributed by atoms with Gasteiger partial charge >= 0.3 is 5.97 Å². The summed E-state index contributed by atoms with van der Waals surface area (Å²) >= 11 is 0. The van der Waals surface area contributed by atoms with Crippen LogP contribution in [0.1, 0.15) is 79.8 Å². The lowest BCUT2D eigenvalue weighted by molar-refractivity contribution is -0.137. The SMILES string of the molecule is [N-]=[N+]=NCCOCCOCCOCCOc1ccc([C@@H](CCCCCCc2ccc3c(n2)CCCC3)CC(=O)O)cn1. The van der Waals surface area contributed by atoms with Crippen LogP contribution in [0.25, 0.3) is 10.4 Å². The second kappa shape index (κ2) is 20.6. The van der Waals surface area contributed by atoms with Crippen LogP contribution in [0.3, 0.4) is 0 Å². The minimum Gasteiger partial charge on any atom is -0.481 e. The number of azide groups is 1. The van der Waals surface area contributed by atoms with E-state index in [1.807, 2.05) is 6.07 Å². The van der Waals surface area contributed by atoms with E-state index in [-0.39, 0.29) is 12.3 Å². The van der Waals surface area contributed by atoms with E-state index in [0.29, 0.717) is 58.7 Å². The number of carboxylic acid groups (broad SMARTS) is 1. The van der Waals surface area contributed by atoms with Gasteiger partial charge in [-0.25, -0.2) is 4.98 Å². The third-order valence-corrected chi connectivity index (χ3v) is 7.24. The smallest absolute Gasteiger partial charge is 0.303 e. The van der Waals surface area contributed by atoms with E-state index in [1.165, 1.54) is 36.2 Å². The Balaban J connectivity index is 1.25. The Labute approximate surface area is 248 Å². The van der Waals surface area contributed by atoms with Gasteiger partial charge in [0.25, 0.3) is 0 Å². The highest BCUT2D eigenvalue weighted by Gasteiger charge is 2.16. The van der Waals surface area contributed by atoms with E-state index < -0.39 is 5.97 Å². The lowest BCUT2D eigenvalue weighted by Gasteiger charge is -2.16. The van der Waals surface area contributed by atoms with Gasteiger partial charge in [-0.3, -0.25) is 9.78 Å². The monoisotopic (exact) mass is 583 g/mol. The number of ether oxygens (including phenoxy) is 4. The number of rotatable bonds is 23. The van der Waals surface area contributed by atoms with Gasteiger partial charge in [0.15, 0.2) is 0 Å². The molecule has 2 heterocycles. The van der Waals surface area contributed by atoms with Crippen molar-refractivity contribution in [1.82, 2.24) is 9.97 Å². The predicted molar refractivity (Wildman–Crippen MR) is 159 cm³/mol. The Morgan fingerprint density at radius 3 is 2.40 bits per heavy atom. The second-order valence-corrected chi connectivity index (χ2v) is 10.4. The summed E-state index contributed by atoms with van der Waals surface area (Å²) in [5, 5.41) is 12.8. The van der Waals surface area contributed by atoms with Crippen LogP contribution >= 0.6 is 0 Å². The lowest BCUT2D eigenvalue weighted by Crippen LogP contribution is -2.13. The van der Waals surface area contributed by atoms with Crippen LogP contribution in [0.15, 0.2) is 35.6 Å². The molecule has 42 heavy (non-hydrogen) atoms. The molecule has 11 nitrogen and oxygen atoms in total. The van der Waals surface area contributed by atoms with Crippen molar-refractivity contribution in [2.75, 3.05) is 52.8 Å². The first kappa shape index (κ1) is 33.3. The Hall–Kier alpha value is -3.24. The molecule has 1 aliphatic rings. The Morgan fingerprint density at radius 2 is 1.67 bits per heavy atom. The second-order valence-electron chi connectivity index (χ2n) is 10.4. The Kier molecular flexibility index (Phi) is 16.3. The molecule has 0 saturated carbocycles. The average Bonchev–Trinajstić information content (AvgIpc) is 3.00. The zero-order chi connectivity index (χ0) is 29.7. The van der Waals surface area contributed by atoms with Gasteiger partial charge in [0.05, 0.1) is 46.1 Å². The molecule has 1 atom stereocenters. The number of hydrogen-bond acceptors (Lipinski definition) is 8. The molecule has 0 saturated heterocycles. The summed E-state index contributed by atoms with van der Waals surface area (Å²) in [5.41, 5.74) is 13.0. The molecule has 0 fully saturated rings. The molecule has 1 aliphatic carbocycles. The molecule has 0 radical (unpaired) electrons. The molecule has 230 valence electrons. The van der Waals surface area contributed by atoms with Crippen LogP contribution in [-0.2, 0) is 38.3 Å². The molecular formula is C31H45N5O6. The van der Waals surface area contributed by atoms with Crippen molar-refractivity contribution in [3.8, 4) is 5.88 Å². The number of hydrogen-bond donors (Lipinski definition) is 1. The largest absolute Gasteiger partial charge is 0.481 e. The molecule has 0 amide bonds. The molecule has 0 bridgehead atoms. The summed E-state index contributed by atoms with van der Waals surface area (Å²) in [6.45, 7) is 3.23. The summed E-state index contributed by atoms with van der Waals surface area (Å²) in [6.07, 6.45) is 12.8. The molecule has 2 aromatic rings. The number of unbranched alkanes of at least 4 members (excludes halogenated alkanes) is 3. The number of carboxylic acids is 1. The predicted octanol–water partition coefficient (Wildman–Crippen LogP) is 5.85. The van der Waals surface area contributed by atoms with Crippen molar-refractivity contribution in [3.05, 3.63) is 63.4 Å². The molecule has 3 rings (SSSR count). The van der Waals surface area contributed by atoms with Crippen LogP contribution in [-0.4, -0.2) is 73.8 Å². The zero-order valence-electron chi connectivity index (χ0n) is 24.6. The van der Waals surface area contributed by atoms with E-state index in [1.54, 1.807) is 12.3 Å². The fourth-order valence-electron chi connectivity index (χ4n) is 5.03. The maximum atomic E-state index is 11.5. The summed E-state index contributed by atoms with van der Waals surface area (Å²) in [4.78, 5) is 23.4. The van der Waals surface area contributed by atoms with Crippen molar-refractivity contribution in [2.24, 2.45) is 5.11 Å². The van der Waals surface area contributed by atoms with Crippen LogP contribution in [0, 0.1) is 0 Å². The lowest BCUT2D eigenvalue weighted by atomic mass is 9.91. The number of fused-ring (bicyclic) bond motifs is 1. The van der Waals surface area contributed by atoms with E-state index in [9.17, 15) is 9.90 Å². The molecule has 0 spiro atoms. The molecular weight excluding hydrogens is 538 g/mol. The van der Waals surface area contributed by atoms with Gasteiger partial charge in [-0.2, -0.15) is 0 Å². The maximum Gasteiger partial charge on any atom is 0.303 e. The quantitative estimate of drug-likeness (QED) is 0.0741. The zero-order valence-corrected chi connectivity index (χ0v) is 24.6. The highest BCUT2D eigenvalue weighted by atomic mass is 16.6. The first-order valence-corrected chi connectivity index (χ1v) is 15.2. The van der Waals surface area contributed by atoms with E-state index >= 15 is 0 Å². The molecule has 0 unspecified atom stereocenters. The normalized spacial score (nSPS) is 13.2. The van der Waals surface area contributed by atoms with Gasteiger partial charge in [-0.05, 0) is 73.6 Å². The third-order valence-electron chi connectivity index (χ3n) is 7.24. The number of pyridine rings is 2. The summed E-state index contributed by atoms with van der Waals surface area (Å²) in [5.74, 6) is -0.370. The van der Waals surface area contributed by atoms with Crippen LogP contribution < -0.4 is 4.74 Å². The molecule has 1 N–H and O–H groups in total. The van der Waals surface area contributed by atoms with E-state index in [0.717, 1.165) is 50.5 Å². The van der Waals surface area contributed by atoms with Crippen molar-refractivity contribution in [3.63, 3.8) is 0 Å². The topological polar surface area (TPSA) is 149 Å². The summed E-state index contributed by atoms with van der Waals surface area (Å²) < 4.78 is 21.8. The van der Waals surface area contributed by atoms with Gasteiger partial charge in [0.2, 0.25) is 5.88 Å². The number of nitrogens with zero attached hydrogens (tertiary/aromatic N) is 5. The molecule has 0 aliphatic heterocycles.